The Morgan fingerprint density at radius 2 is 2.11 bits per heavy atom. The highest BCUT2D eigenvalue weighted by Crippen LogP contribution is 2.30. The number of carboxylic acids is 1. The van der Waals surface area contributed by atoms with Crippen LogP contribution in [0, 0.1) is 5.92 Å². The van der Waals surface area contributed by atoms with E-state index in [1.165, 1.54) is 4.90 Å². The molecule has 1 atom stereocenters. The summed E-state index contributed by atoms with van der Waals surface area (Å²) in [5.74, 6) is -0.536. The molecule has 2 amide bonds. The van der Waals surface area contributed by atoms with E-state index in [9.17, 15) is 14.7 Å². The van der Waals surface area contributed by atoms with E-state index in [2.05, 4.69) is 0 Å². The summed E-state index contributed by atoms with van der Waals surface area (Å²) in [7, 11) is 0. The Bertz CT molecular complexity index is 366. The van der Waals surface area contributed by atoms with E-state index in [0.717, 1.165) is 19.3 Å². The number of rotatable bonds is 4. The molecule has 2 N–H and O–H groups in total. The Morgan fingerprint density at radius 1 is 1.42 bits per heavy atom. The molecule has 1 aliphatic carbocycles. The Balaban J connectivity index is 1.98. The van der Waals surface area contributed by atoms with Crippen molar-refractivity contribution in [3.8, 4) is 0 Å². The van der Waals surface area contributed by atoms with Crippen LogP contribution < -0.4 is 0 Å². The van der Waals surface area contributed by atoms with Gasteiger partial charge in [0.2, 0.25) is 0 Å². The largest absolute Gasteiger partial charge is 0.480 e. The van der Waals surface area contributed by atoms with Crippen molar-refractivity contribution in [3.63, 3.8) is 0 Å². The molecule has 108 valence electrons. The number of hydrogen-bond donors (Lipinski definition) is 2. The summed E-state index contributed by atoms with van der Waals surface area (Å²) in [6, 6.07) is -0.255. The number of piperidine rings is 1. The lowest BCUT2D eigenvalue weighted by Gasteiger charge is -2.39. The third kappa shape index (κ3) is 4.09. The maximum absolute atomic E-state index is 12.4. The van der Waals surface area contributed by atoms with Crippen LogP contribution in [0.15, 0.2) is 0 Å². The van der Waals surface area contributed by atoms with E-state index in [-0.39, 0.29) is 19.1 Å². The van der Waals surface area contributed by atoms with Crippen LogP contribution in [0.25, 0.3) is 0 Å². The highest BCUT2D eigenvalue weighted by Gasteiger charge is 2.35. The van der Waals surface area contributed by atoms with Gasteiger partial charge < -0.3 is 20.0 Å². The topological polar surface area (TPSA) is 81.1 Å². The smallest absolute Gasteiger partial charge is 0.323 e. The predicted octanol–water partition coefficient (Wildman–Crippen LogP) is 0.750. The molecule has 2 rings (SSSR count). The third-order valence-corrected chi connectivity index (χ3v) is 3.72. The predicted molar refractivity (Wildman–Crippen MR) is 68.8 cm³/mol. The van der Waals surface area contributed by atoms with Crippen LogP contribution >= 0.6 is 0 Å². The maximum atomic E-state index is 12.4. The number of aliphatic carboxylic acids is 1. The molecule has 0 bridgehead atoms. The Kier molecular flexibility index (Phi) is 3.99. The molecule has 0 aromatic carbocycles. The van der Waals surface area contributed by atoms with Gasteiger partial charge in [0.05, 0.1) is 12.1 Å². The number of likely N-dealkylation sites (tertiary alicyclic amines) is 1. The Labute approximate surface area is 113 Å². The molecule has 1 aliphatic heterocycles. The summed E-state index contributed by atoms with van der Waals surface area (Å²) in [5.41, 5.74) is -0.859. The zero-order valence-corrected chi connectivity index (χ0v) is 11.3. The van der Waals surface area contributed by atoms with E-state index >= 15 is 0 Å². The van der Waals surface area contributed by atoms with Crippen molar-refractivity contribution < 1.29 is 19.8 Å². The van der Waals surface area contributed by atoms with Crippen molar-refractivity contribution >= 4 is 12.0 Å². The SMILES string of the molecule is CC1(O)CCCN(C(=O)N(CC(=O)O)CC2CC2)C1. The van der Waals surface area contributed by atoms with Crippen LogP contribution in [0.5, 0.6) is 0 Å². The normalized spacial score (nSPS) is 27.2. The van der Waals surface area contributed by atoms with Gasteiger partial charge in [-0.15, -0.1) is 0 Å². The van der Waals surface area contributed by atoms with Crippen LogP contribution in [-0.4, -0.2) is 63.8 Å². The number of carboxylic acid groups (broad SMARTS) is 1. The first-order valence-electron chi connectivity index (χ1n) is 6.85. The fraction of sp³-hybridized carbons (Fsp3) is 0.846. The summed E-state index contributed by atoms with van der Waals surface area (Å²) < 4.78 is 0. The Hall–Kier alpha value is -1.30. The summed E-state index contributed by atoms with van der Waals surface area (Å²) in [5, 5.41) is 18.9. The van der Waals surface area contributed by atoms with Gasteiger partial charge in [0.1, 0.15) is 6.54 Å². The molecule has 1 saturated carbocycles. The van der Waals surface area contributed by atoms with E-state index in [0.29, 0.717) is 25.4 Å². The van der Waals surface area contributed by atoms with Gasteiger partial charge in [-0.3, -0.25) is 4.79 Å². The minimum atomic E-state index is -0.988. The molecular weight excluding hydrogens is 248 g/mol. The van der Waals surface area contributed by atoms with Crippen LogP contribution in [0.4, 0.5) is 4.79 Å². The monoisotopic (exact) mass is 270 g/mol. The van der Waals surface area contributed by atoms with Crippen molar-refractivity contribution in [1.82, 2.24) is 9.80 Å². The van der Waals surface area contributed by atoms with Crippen molar-refractivity contribution in [2.75, 3.05) is 26.2 Å². The number of urea groups is 1. The van der Waals surface area contributed by atoms with Gasteiger partial charge in [-0.05, 0) is 38.5 Å². The second-order valence-corrected chi connectivity index (χ2v) is 6.02. The van der Waals surface area contributed by atoms with E-state index in [1.54, 1.807) is 11.8 Å². The minimum absolute atomic E-state index is 0.255. The third-order valence-electron chi connectivity index (χ3n) is 3.72. The molecule has 0 spiro atoms. The van der Waals surface area contributed by atoms with E-state index in [4.69, 9.17) is 5.11 Å². The van der Waals surface area contributed by atoms with Gasteiger partial charge in [0, 0.05) is 13.1 Å². The molecule has 2 aliphatic rings. The minimum Gasteiger partial charge on any atom is -0.480 e. The van der Waals surface area contributed by atoms with Crippen LogP contribution in [0.3, 0.4) is 0 Å². The number of β-amino-alcohol motifs (C(OH)–C–C–N with tert-alkyl or cyclic N) is 1. The molecule has 0 aromatic rings. The quantitative estimate of drug-likeness (QED) is 0.790. The number of hydrogen-bond acceptors (Lipinski definition) is 3. The first-order valence-corrected chi connectivity index (χ1v) is 6.85. The average Bonchev–Trinajstić information content (AvgIpc) is 3.09. The zero-order chi connectivity index (χ0) is 14.0. The first kappa shape index (κ1) is 14.1. The lowest BCUT2D eigenvalue weighted by atomic mass is 9.95. The van der Waals surface area contributed by atoms with Crippen molar-refractivity contribution in [2.24, 2.45) is 5.92 Å². The summed E-state index contributed by atoms with van der Waals surface area (Å²) in [6.45, 7) is 2.86. The summed E-state index contributed by atoms with van der Waals surface area (Å²) in [6.07, 6.45) is 3.57. The molecule has 1 heterocycles. The Morgan fingerprint density at radius 3 is 2.63 bits per heavy atom. The van der Waals surface area contributed by atoms with Crippen LogP contribution in [-0.2, 0) is 4.79 Å². The molecule has 19 heavy (non-hydrogen) atoms. The summed E-state index contributed by atoms with van der Waals surface area (Å²) in [4.78, 5) is 26.2. The van der Waals surface area contributed by atoms with Gasteiger partial charge in [-0.2, -0.15) is 0 Å². The maximum Gasteiger partial charge on any atom is 0.323 e. The van der Waals surface area contributed by atoms with E-state index < -0.39 is 11.6 Å². The average molecular weight is 270 g/mol. The second kappa shape index (κ2) is 5.36. The number of nitrogens with zero attached hydrogens (tertiary/aromatic N) is 2. The van der Waals surface area contributed by atoms with Crippen molar-refractivity contribution in [3.05, 3.63) is 0 Å². The lowest BCUT2D eigenvalue weighted by molar-refractivity contribution is -0.137. The van der Waals surface area contributed by atoms with Gasteiger partial charge in [0.15, 0.2) is 0 Å². The molecule has 2 fully saturated rings. The number of carbonyl (C=O) groups excluding carboxylic acids is 1. The van der Waals surface area contributed by atoms with Gasteiger partial charge in [-0.1, -0.05) is 0 Å². The van der Waals surface area contributed by atoms with Crippen molar-refractivity contribution in [2.45, 2.75) is 38.2 Å². The van der Waals surface area contributed by atoms with Crippen LogP contribution in [0.1, 0.15) is 32.6 Å². The number of aliphatic hydroxyl groups is 1. The lowest BCUT2D eigenvalue weighted by Crippen LogP contribution is -2.54. The van der Waals surface area contributed by atoms with Crippen molar-refractivity contribution in [1.29, 1.82) is 0 Å². The molecule has 1 saturated heterocycles. The second-order valence-electron chi connectivity index (χ2n) is 6.02. The highest BCUT2D eigenvalue weighted by molar-refractivity contribution is 5.80. The van der Waals surface area contributed by atoms with Crippen LogP contribution in [0.2, 0.25) is 0 Å². The summed E-state index contributed by atoms with van der Waals surface area (Å²) >= 11 is 0. The number of amides is 2. The molecule has 0 radical (unpaired) electrons. The fourth-order valence-electron chi connectivity index (χ4n) is 2.57. The number of carbonyl (C=O) groups is 2. The zero-order valence-electron chi connectivity index (χ0n) is 11.3. The molecule has 6 nitrogen and oxygen atoms in total. The van der Waals surface area contributed by atoms with E-state index in [1.807, 2.05) is 0 Å². The molecule has 0 aromatic heterocycles. The van der Waals surface area contributed by atoms with Gasteiger partial charge in [0.25, 0.3) is 0 Å². The first-order chi connectivity index (χ1) is 8.87. The standard InChI is InChI=1S/C13H22N2O4/c1-13(19)5-2-6-14(9-13)12(18)15(8-11(16)17)7-10-3-4-10/h10,19H,2-9H2,1H3,(H,16,17). The fourth-order valence-corrected chi connectivity index (χ4v) is 2.57. The van der Waals surface area contributed by atoms with Gasteiger partial charge >= 0.3 is 12.0 Å². The molecule has 6 heteroatoms. The molecular formula is C13H22N2O4. The van der Waals surface area contributed by atoms with Gasteiger partial charge in [-0.25, -0.2) is 4.79 Å². The molecule has 1 unspecified atom stereocenters. The highest BCUT2D eigenvalue weighted by atomic mass is 16.4.